The van der Waals surface area contributed by atoms with Crippen molar-refractivity contribution < 1.29 is 9.47 Å². The Kier molecular flexibility index (Phi) is 7.28. The molecule has 2 aromatic rings. The van der Waals surface area contributed by atoms with Crippen LogP contribution in [0.2, 0.25) is 0 Å². The molecule has 0 amide bonds. The van der Waals surface area contributed by atoms with E-state index < -0.39 is 0 Å². The summed E-state index contributed by atoms with van der Waals surface area (Å²) in [4.78, 5) is 0. The highest BCUT2D eigenvalue weighted by atomic mass is 16.6. The molecular formula is C28H38O2. The summed E-state index contributed by atoms with van der Waals surface area (Å²) in [6.07, 6.45) is 12.2. The smallest absolute Gasteiger partial charge is 0.106 e. The first kappa shape index (κ1) is 21.6. The van der Waals surface area contributed by atoms with Crippen LogP contribution in [0.15, 0.2) is 48.5 Å². The van der Waals surface area contributed by atoms with Crippen LogP contribution < -0.4 is 0 Å². The van der Waals surface area contributed by atoms with Gasteiger partial charge in [-0.15, -0.1) is 0 Å². The van der Waals surface area contributed by atoms with E-state index in [2.05, 4.69) is 62.4 Å². The van der Waals surface area contributed by atoms with Gasteiger partial charge in [-0.2, -0.15) is 0 Å². The van der Waals surface area contributed by atoms with Crippen LogP contribution in [0.3, 0.4) is 0 Å². The Bertz CT molecular complexity index is 763. The molecule has 0 aromatic heterocycles. The Morgan fingerprint density at radius 3 is 2.03 bits per heavy atom. The van der Waals surface area contributed by atoms with E-state index in [1.807, 2.05) is 0 Å². The normalized spacial score (nSPS) is 23.9. The van der Waals surface area contributed by atoms with Crippen LogP contribution in [-0.2, 0) is 14.9 Å². The molecule has 4 rings (SSSR count). The predicted octanol–water partition coefficient (Wildman–Crippen LogP) is 7.61. The molecule has 2 atom stereocenters. The summed E-state index contributed by atoms with van der Waals surface area (Å²) in [7, 11) is 0. The summed E-state index contributed by atoms with van der Waals surface area (Å²) in [5.74, 6) is 0. The first-order chi connectivity index (χ1) is 14.7. The van der Waals surface area contributed by atoms with Crippen molar-refractivity contribution in [3.8, 4) is 11.1 Å². The van der Waals surface area contributed by atoms with Gasteiger partial charge in [-0.3, -0.25) is 0 Å². The molecule has 2 nitrogen and oxygen atoms in total. The third-order valence-electron chi connectivity index (χ3n) is 7.35. The van der Waals surface area contributed by atoms with Gasteiger partial charge in [0.25, 0.3) is 0 Å². The van der Waals surface area contributed by atoms with Crippen LogP contribution in [0.1, 0.15) is 88.9 Å². The lowest BCUT2D eigenvalue weighted by molar-refractivity contribution is -0.135. The van der Waals surface area contributed by atoms with Gasteiger partial charge in [0, 0.05) is 0 Å². The zero-order valence-electron chi connectivity index (χ0n) is 18.9. The average molecular weight is 407 g/mol. The highest BCUT2D eigenvalue weighted by molar-refractivity contribution is 5.64. The van der Waals surface area contributed by atoms with E-state index in [9.17, 15) is 0 Å². The van der Waals surface area contributed by atoms with E-state index >= 15 is 0 Å². The van der Waals surface area contributed by atoms with Crippen molar-refractivity contribution in [1.29, 1.82) is 0 Å². The number of hydrogen-bond acceptors (Lipinski definition) is 2. The fraction of sp³-hybridized carbons (Fsp3) is 0.571. The lowest BCUT2D eigenvalue weighted by atomic mass is 9.66. The molecule has 2 aromatic carbocycles. The number of hydrogen-bond donors (Lipinski definition) is 0. The number of rotatable bonds is 7. The third kappa shape index (κ3) is 4.81. The largest absolute Gasteiger partial charge is 0.373 e. The summed E-state index contributed by atoms with van der Waals surface area (Å²) in [6, 6.07) is 18.3. The monoisotopic (exact) mass is 406 g/mol. The predicted molar refractivity (Wildman–Crippen MR) is 125 cm³/mol. The standard InChI is InChI=1S/C28H38O2/c1-3-5-17-28(18-7-6-8-19-28)25-15-13-23(14-16-25)22-9-11-24(12-10-22)27-21-29-26(4-2)20-30-27/h9-16,26-27H,3-8,17-21H2,1-2H3. The maximum atomic E-state index is 6.01. The fourth-order valence-corrected chi connectivity index (χ4v) is 5.30. The lowest BCUT2D eigenvalue weighted by Gasteiger charge is -2.38. The maximum Gasteiger partial charge on any atom is 0.106 e. The zero-order valence-corrected chi connectivity index (χ0v) is 18.9. The van der Waals surface area contributed by atoms with Gasteiger partial charge in [0.05, 0.1) is 19.3 Å². The Morgan fingerprint density at radius 2 is 1.47 bits per heavy atom. The molecule has 162 valence electrons. The minimum absolute atomic E-state index is 0.0638. The second-order valence-electron chi connectivity index (χ2n) is 9.33. The van der Waals surface area contributed by atoms with Crippen molar-refractivity contribution in [3.05, 3.63) is 59.7 Å². The second kappa shape index (κ2) is 10.1. The van der Waals surface area contributed by atoms with Gasteiger partial charge < -0.3 is 9.47 Å². The summed E-state index contributed by atoms with van der Waals surface area (Å²) >= 11 is 0. The van der Waals surface area contributed by atoms with Gasteiger partial charge in [0.15, 0.2) is 0 Å². The third-order valence-corrected chi connectivity index (χ3v) is 7.35. The molecule has 1 saturated heterocycles. The fourth-order valence-electron chi connectivity index (χ4n) is 5.30. The second-order valence-corrected chi connectivity index (χ2v) is 9.33. The van der Waals surface area contributed by atoms with Gasteiger partial charge in [-0.05, 0) is 53.4 Å². The Balaban J connectivity index is 1.46. The first-order valence-electron chi connectivity index (χ1n) is 12.2. The molecule has 0 bridgehead atoms. The number of unbranched alkanes of at least 4 members (excludes halogenated alkanes) is 1. The molecule has 2 aliphatic rings. The first-order valence-corrected chi connectivity index (χ1v) is 12.2. The zero-order chi connectivity index (χ0) is 20.8. The minimum atomic E-state index is 0.0638. The van der Waals surface area contributed by atoms with Gasteiger partial charge in [-0.1, -0.05) is 94.5 Å². The average Bonchev–Trinajstić information content (AvgIpc) is 2.84. The van der Waals surface area contributed by atoms with E-state index in [-0.39, 0.29) is 12.2 Å². The molecule has 2 fully saturated rings. The SMILES string of the molecule is CCCCC1(c2ccc(-c3ccc(C4COC(CC)CO4)cc3)cc2)CCCCC1. The van der Waals surface area contributed by atoms with Crippen molar-refractivity contribution in [2.24, 2.45) is 0 Å². The Labute approximate surface area is 183 Å². The van der Waals surface area contributed by atoms with Crippen LogP contribution in [0, 0.1) is 0 Å². The van der Waals surface area contributed by atoms with Crippen LogP contribution in [0.5, 0.6) is 0 Å². The van der Waals surface area contributed by atoms with Gasteiger partial charge in [-0.25, -0.2) is 0 Å². The van der Waals surface area contributed by atoms with Crippen LogP contribution in [-0.4, -0.2) is 19.3 Å². The number of benzene rings is 2. The molecule has 2 heteroatoms. The van der Waals surface area contributed by atoms with Gasteiger partial charge >= 0.3 is 0 Å². The minimum Gasteiger partial charge on any atom is -0.373 e. The molecule has 1 aliphatic carbocycles. The van der Waals surface area contributed by atoms with E-state index in [0.717, 1.165) is 6.42 Å². The van der Waals surface area contributed by atoms with Gasteiger partial charge in [0.1, 0.15) is 6.10 Å². The van der Waals surface area contributed by atoms with E-state index in [0.29, 0.717) is 18.6 Å². The molecule has 2 unspecified atom stereocenters. The van der Waals surface area contributed by atoms with E-state index in [1.165, 1.54) is 68.1 Å². The maximum absolute atomic E-state index is 6.01. The summed E-state index contributed by atoms with van der Waals surface area (Å²) in [6.45, 7) is 5.82. The van der Waals surface area contributed by atoms with Crippen molar-refractivity contribution >= 4 is 0 Å². The summed E-state index contributed by atoms with van der Waals surface area (Å²) in [5, 5.41) is 0. The van der Waals surface area contributed by atoms with Crippen molar-refractivity contribution in [2.45, 2.75) is 89.3 Å². The molecule has 1 aliphatic heterocycles. The van der Waals surface area contributed by atoms with Crippen molar-refractivity contribution in [2.75, 3.05) is 13.2 Å². The lowest BCUT2D eigenvalue weighted by Crippen LogP contribution is -2.30. The highest BCUT2D eigenvalue weighted by Gasteiger charge is 2.33. The molecule has 1 heterocycles. The van der Waals surface area contributed by atoms with Crippen LogP contribution in [0.4, 0.5) is 0 Å². The van der Waals surface area contributed by atoms with Gasteiger partial charge in [0.2, 0.25) is 0 Å². The molecule has 0 N–H and O–H groups in total. The Morgan fingerprint density at radius 1 is 0.800 bits per heavy atom. The van der Waals surface area contributed by atoms with E-state index in [4.69, 9.17) is 9.47 Å². The van der Waals surface area contributed by atoms with Crippen molar-refractivity contribution in [3.63, 3.8) is 0 Å². The quantitative estimate of drug-likeness (QED) is 0.471. The highest BCUT2D eigenvalue weighted by Crippen LogP contribution is 2.43. The molecule has 30 heavy (non-hydrogen) atoms. The van der Waals surface area contributed by atoms with Crippen LogP contribution in [0.25, 0.3) is 11.1 Å². The number of ether oxygens (including phenoxy) is 2. The van der Waals surface area contributed by atoms with E-state index in [1.54, 1.807) is 5.56 Å². The van der Waals surface area contributed by atoms with Crippen molar-refractivity contribution in [1.82, 2.24) is 0 Å². The topological polar surface area (TPSA) is 18.5 Å². The van der Waals surface area contributed by atoms with Crippen LogP contribution >= 0.6 is 0 Å². The molecule has 0 spiro atoms. The summed E-state index contributed by atoms with van der Waals surface area (Å²) < 4.78 is 11.9. The molecule has 0 radical (unpaired) electrons. The Hall–Kier alpha value is -1.64. The molecular weight excluding hydrogens is 368 g/mol. The molecule has 1 saturated carbocycles. The summed E-state index contributed by atoms with van der Waals surface area (Å²) in [5.41, 5.74) is 5.78.